The van der Waals surface area contributed by atoms with E-state index in [-0.39, 0.29) is 23.4 Å². The number of nitro benzene ring substituents is 1. The Morgan fingerprint density at radius 2 is 1.97 bits per heavy atom. The van der Waals surface area contributed by atoms with Gasteiger partial charge >= 0.3 is 5.97 Å². The number of rotatable bonds is 7. The predicted molar refractivity (Wildman–Crippen MR) is 110 cm³/mol. The molecule has 0 aliphatic heterocycles. The summed E-state index contributed by atoms with van der Waals surface area (Å²) in [5.41, 5.74) is 2.36. The van der Waals surface area contributed by atoms with E-state index >= 15 is 0 Å². The molecule has 152 valence electrons. The van der Waals surface area contributed by atoms with Crippen molar-refractivity contribution in [3.05, 3.63) is 69.8 Å². The first-order valence-electron chi connectivity index (χ1n) is 9.39. The zero-order chi connectivity index (χ0) is 20.8. The first kappa shape index (κ1) is 20.9. The van der Waals surface area contributed by atoms with Crippen LogP contribution in [0.2, 0.25) is 0 Å². The zero-order valence-electron chi connectivity index (χ0n) is 16.0. The van der Waals surface area contributed by atoms with E-state index in [1.807, 2.05) is 18.2 Å². The molecule has 0 saturated heterocycles. The number of nitrogens with one attached hydrogen (secondary N) is 1. The summed E-state index contributed by atoms with van der Waals surface area (Å²) < 4.78 is 5.25. The van der Waals surface area contributed by atoms with Crippen LogP contribution in [0.5, 0.6) is 0 Å². The lowest BCUT2D eigenvalue weighted by atomic mass is 9.87. The van der Waals surface area contributed by atoms with Gasteiger partial charge in [-0.25, -0.2) is 0 Å². The second-order valence-electron chi connectivity index (χ2n) is 6.82. The molecule has 1 aliphatic rings. The standard InChI is InChI=1S/C21H22N2O5S/c1-14(21(25)22-19-8-4-6-15-5-2-3-7-18(15)19)28-20(24)13-29-17-11-9-16(10-12-17)23(26)27/h2-3,5,7,9-12,14,19H,4,6,8,13H2,1H3,(H,22,25)/t14-,19-/m1/s1. The van der Waals surface area contributed by atoms with Gasteiger partial charge in [-0.3, -0.25) is 19.7 Å². The molecule has 3 rings (SSSR count). The van der Waals surface area contributed by atoms with Crippen LogP contribution in [0.25, 0.3) is 0 Å². The Labute approximate surface area is 173 Å². The molecule has 0 radical (unpaired) electrons. The molecule has 0 heterocycles. The van der Waals surface area contributed by atoms with Gasteiger partial charge in [-0.15, -0.1) is 11.8 Å². The van der Waals surface area contributed by atoms with Gasteiger partial charge in [0.2, 0.25) is 0 Å². The third-order valence-electron chi connectivity index (χ3n) is 4.77. The van der Waals surface area contributed by atoms with Gasteiger partial charge in [0.15, 0.2) is 6.10 Å². The lowest BCUT2D eigenvalue weighted by molar-refractivity contribution is -0.384. The Bertz CT molecular complexity index is 900. The number of carbonyl (C=O) groups is 2. The van der Waals surface area contributed by atoms with E-state index in [4.69, 9.17) is 4.74 Å². The molecule has 1 amide bonds. The van der Waals surface area contributed by atoms with Crippen LogP contribution >= 0.6 is 11.8 Å². The summed E-state index contributed by atoms with van der Waals surface area (Å²) in [7, 11) is 0. The van der Waals surface area contributed by atoms with E-state index < -0.39 is 17.0 Å². The van der Waals surface area contributed by atoms with Crippen molar-refractivity contribution in [1.82, 2.24) is 5.32 Å². The number of aryl methyl sites for hydroxylation is 1. The van der Waals surface area contributed by atoms with Crippen LogP contribution in [-0.2, 0) is 20.7 Å². The van der Waals surface area contributed by atoms with Gasteiger partial charge in [0.25, 0.3) is 11.6 Å². The van der Waals surface area contributed by atoms with Crippen molar-refractivity contribution in [1.29, 1.82) is 0 Å². The Balaban J connectivity index is 1.48. The van der Waals surface area contributed by atoms with Crippen LogP contribution in [0.1, 0.15) is 36.9 Å². The fraction of sp³-hybridized carbons (Fsp3) is 0.333. The molecular formula is C21H22N2O5S. The summed E-state index contributed by atoms with van der Waals surface area (Å²) in [6.45, 7) is 1.55. The van der Waals surface area contributed by atoms with Gasteiger partial charge in [0.05, 0.1) is 16.7 Å². The number of esters is 1. The van der Waals surface area contributed by atoms with E-state index in [2.05, 4.69) is 11.4 Å². The van der Waals surface area contributed by atoms with Gasteiger partial charge in [0, 0.05) is 17.0 Å². The van der Waals surface area contributed by atoms with E-state index in [9.17, 15) is 19.7 Å². The van der Waals surface area contributed by atoms with Crippen molar-refractivity contribution >= 4 is 29.3 Å². The number of fused-ring (bicyclic) bond motifs is 1. The minimum Gasteiger partial charge on any atom is -0.452 e. The number of benzene rings is 2. The summed E-state index contributed by atoms with van der Waals surface area (Å²) in [6.07, 6.45) is 1.98. The van der Waals surface area contributed by atoms with Gasteiger partial charge in [0.1, 0.15) is 0 Å². The normalized spacial score (nSPS) is 16.4. The molecule has 0 saturated carbocycles. The van der Waals surface area contributed by atoms with E-state index in [0.717, 1.165) is 24.8 Å². The molecule has 0 unspecified atom stereocenters. The Hall–Kier alpha value is -2.87. The van der Waals surface area contributed by atoms with E-state index in [1.165, 1.54) is 29.5 Å². The molecule has 2 aromatic rings. The van der Waals surface area contributed by atoms with E-state index in [1.54, 1.807) is 19.1 Å². The minimum atomic E-state index is -0.894. The number of amides is 1. The van der Waals surface area contributed by atoms with Gasteiger partial charge in [-0.1, -0.05) is 24.3 Å². The fourth-order valence-corrected chi connectivity index (χ4v) is 3.97. The van der Waals surface area contributed by atoms with Gasteiger partial charge in [-0.05, 0) is 49.4 Å². The molecule has 2 atom stereocenters. The van der Waals surface area contributed by atoms with Crippen LogP contribution < -0.4 is 5.32 Å². The molecule has 7 nitrogen and oxygen atoms in total. The number of nitro groups is 1. The highest BCUT2D eigenvalue weighted by Crippen LogP contribution is 2.29. The van der Waals surface area contributed by atoms with Crippen molar-refractivity contribution in [3.8, 4) is 0 Å². The van der Waals surface area contributed by atoms with Crippen molar-refractivity contribution in [2.24, 2.45) is 0 Å². The lowest BCUT2D eigenvalue weighted by Gasteiger charge is -2.27. The number of non-ortho nitro benzene ring substituents is 1. The van der Waals surface area contributed by atoms with Crippen LogP contribution in [0.4, 0.5) is 5.69 Å². The highest BCUT2D eigenvalue weighted by atomic mass is 32.2. The summed E-state index contributed by atoms with van der Waals surface area (Å²) in [5, 5.41) is 13.6. The van der Waals surface area contributed by atoms with Crippen LogP contribution in [0, 0.1) is 10.1 Å². The van der Waals surface area contributed by atoms with Gasteiger partial charge < -0.3 is 10.1 Å². The maximum Gasteiger partial charge on any atom is 0.317 e. The monoisotopic (exact) mass is 414 g/mol. The molecule has 1 aliphatic carbocycles. The van der Waals surface area contributed by atoms with Crippen LogP contribution in [0.15, 0.2) is 53.4 Å². The van der Waals surface area contributed by atoms with Crippen molar-refractivity contribution < 1.29 is 19.2 Å². The number of thioether (sulfide) groups is 1. The SMILES string of the molecule is C[C@@H](OC(=O)CSc1ccc([N+](=O)[O-])cc1)C(=O)N[C@@H]1CCCc2ccccc21. The second kappa shape index (κ2) is 9.56. The van der Waals surface area contributed by atoms with Crippen LogP contribution in [0.3, 0.4) is 0 Å². The van der Waals surface area contributed by atoms with Crippen molar-refractivity contribution in [2.45, 2.75) is 43.2 Å². The Morgan fingerprint density at radius 1 is 1.24 bits per heavy atom. The number of hydrogen-bond donors (Lipinski definition) is 1. The van der Waals surface area contributed by atoms with E-state index in [0.29, 0.717) is 4.90 Å². The maximum atomic E-state index is 12.5. The summed E-state index contributed by atoms with van der Waals surface area (Å²) in [5.74, 6) is -0.817. The second-order valence-corrected chi connectivity index (χ2v) is 7.87. The maximum absolute atomic E-state index is 12.5. The molecule has 8 heteroatoms. The number of nitrogens with zero attached hydrogens (tertiary/aromatic N) is 1. The minimum absolute atomic E-state index is 0.00786. The molecule has 2 aromatic carbocycles. The molecule has 29 heavy (non-hydrogen) atoms. The quantitative estimate of drug-likeness (QED) is 0.320. The molecular weight excluding hydrogens is 392 g/mol. The third kappa shape index (κ3) is 5.57. The summed E-state index contributed by atoms with van der Waals surface area (Å²) in [4.78, 5) is 35.4. The molecule has 0 spiro atoms. The first-order valence-corrected chi connectivity index (χ1v) is 10.4. The molecule has 0 fully saturated rings. The number of carbonyl (C=O) groups excluding carboxylic acids is 2. The average Bonchev–Trinajstić information content (AvgIpc) is 2.72. The predicted octanol–water partition coefficient (Wildman–Crippen LogP) is 3.81. The average molecular weight is 414 g/mol. The highest BCUT2D eigenvalue weighted by molar-refractivity contribution is 8.00. The fourth-order valence-electron chi connectivity index (χ4n) is 3.28. The number of ether oxygens (including phenoxy) is 1. The van der Waals surface area contributed by atoms with Gasteiger partial charge in [-0.2, -0.15) is 0 Å². The largest absolute Gasteiger partial charge is 0.452 e. The summed E-state index contributed by atoms with van der Waals surface area (Å²) >= 11 is 1.20. The number of hydrogen-bond acceptors (Lipinski definition) is 6. The zero-order valence-corrected chi connectivity index (χ0v) is 16.8. The topological polar surface area (TPSA) is 98.5 Å². The first-order chi connectivity index (χ1) is 13.9. The molecule has 0 bridgehead atoms. The Kier molecular flexibility index (Phi) is 6.87. The van der Waals surface area contributed by atoms with Crippen molar-refractivity contribution in [3.63, 3.8) is 0 Å². The molecule has 1 N–H and O–H groups in total. The van der Waals surface area contributed by atoms with Crippen molar-refractivity contribution in [2.75, 3.05) is 5.75 Å². The summed E-state index contributed by atoms with van der Waals surface area (Å²) in [6, 6.07) is 13.9. The Morgan fingerprint density at radius 3 is 2.69 bits per heavy atom. The molecule has 0 aromatic heterocycles. The lowest BCUT2D eigenvalue weighted by Crippen LogP contribution is -2.39. The highest BCUT2D eigenvalue weighted by Gasteiger charge is 2.25. The smallest absolute Gasteiger partial charge is 0.317 e. The van der Waals surface area contributed by atoms with Crippen LogP contribution in [-0.4, -0.2) is 28.7 Å². The third-order valence-corrected chi connectivity index (χ3v) is 5.75.